The fourth-order valence-corrected chi connectivity index (χ4v) is 2.66. The summed E-state index contributed by atoms with van der Waals surface area (Å²) in [6, 6.07) is 8.78. The van der Waals surface area contributed by atoms with Gasteiger partial charge in [0.1, 0.15) is 0 Å². The van der Waals surface area contributed by atoms with Crippen molar-refractivity contribution in [3.05, 3.63) is 29.8 Å². The summed E-state index contributed by atoms with van der Waals surface area (Å²) in [6.45, 7) is 6.74. The predicted molar refractivity (Wildman–Crippen MR) is 87.5 cm³/mol. The summed E-state index contributed by atoms with van der Waals surface area (Å²) in [4.78, 5) is 14.5. The van der Waals surface area contributed by atoms with Gasteiger partial charge in [0.25, 0.3) is 0 Å². The molecule has 0 saturated heterocycles. The molecule has 2 rings (SSSR count). The maximum atomic E-state index is 12.3. The number of anilines is 1. The van der Waals surface area contributed by atoms with E-state index in [0.717, 1.165) is 38.2 Å². The number of fused-ring (bicyclic) bond motifs is 1. The van der Waals surface area contributed by atoms with Gasteiger partial charge in [-0.15, -0.1) is 0 Å². The summed E-state index contributed by atoms with van der Waals surface area (Å²) in [7, 11) is 2.11. The van der Waals surface area contributed by atoms with E-state index in [9.17, 15) is 4.79 Å². The molecule has 2 unspecified atom stereocenters. The monoisotopic (exact) mass is 289 g/mol. The average molecular weight is 289 g/mol. The predicted octanol–water partition coefficient (Wildman–Crippen LogP) is 2.12. The lowest BCUT2D eigenvalue weighted by Crippen LogP contribution is -2.42. The van der Waals surface area contributed by atoms with Gasteiger partial charge in [-0.05, 0) is 38.4 Å². The molecule has 0 aromatic heterocycles. The number of rotatable bonds is 6. The van der Waals surface area contributed by atoms with Crippen molar-refractivity contribution in [2.45, 2.75) is 32.7 Å². The summed E-state index contributed by atoms with van der Waals surface area (Å²) in [5.74, 6) is 0.198. The third-order valence-corrected chi connectivity index (χ3v) is 4.50. The van der Waals surface area contributed by atoms with Crippen LogP contribution < -0.4 is 10.6 Å². The molecular weight excluding hydrogens is 262 g/mol. The van der Waals surface area contributed by atoms with Crippen LogP contribution in [0.3, 0.4) is 0 Å². The molecule has 1 aromatic carbocycles. The van der Waals surface area contributed by atoms with E-state index < -0.39 is 0 Å². The van der Waals surface area contributed by atoms with Crippen LogP contribution in [-0.4, -0.2) is 43.5 Å². The molecule has 0 aliphatic carbocycles. The Bertz CT molecular complexity index is 475. The van der Waals surface area contributed by atoms with Gasteiger partial charge in [-0.1, -0.05) is 25.1 Å². The topological polar surface area (TPSA) is 44.4 Å². The first-order chi connectivity index (χ1) is 10.1. The second-order valence-corrected chi connectivity index (χ2v) is 5.97. The van der Waals surface area contributed by atoms with Crippen LogP contribution in [0.4, 0.5) is 5.69 Å². The van der Waals surface area contributed by atoms with Crippen molar-refractivity contribution in [1.29, 1.82) is 0 Å². The highest BCUT2D eigenvalue weighted by molar-refractivity contribution is 5.80. The number of hydrogen-bond donors (Lipinski definition) is 2. The Morgan fingerprint density at radius 1 is 1.48 bits per heavy atom. The standard InChI is InChI=1S/C17H27N3O/c1-4-13(2)20(3)10-9-18-17(21)15-11-14-7-5-6-8-16(14)19-12-15/h5-8,13,15,19H,4,9-12H2,1-3H3,(H,18,21). The number of benzene rings is 1. The zero-order valence-corrected chi connectivity index (χ0v) is 13.4. The molecule has 0 bridgehead atoms. The molecule has 0 saturated carbocycles. The van der Waals surface area contributed by atoms with Crippen LogP contribution in [0.15, 0.2) is 24.3 Å². The largest absolute Gasteiger partial charge is 0.384 e. The second-order valence-electron chi connectivity index (χ2n) is 5.97. The molecule has 0 radical (unpaired) electrons. The molecule has 2 N–H and O–H groups in total. The second kappa shape index (κ2) is 7.46. The highest BCUT2D eigenvalue weighted by atomic mass is 16.1. The molecule has 21 heavy (non-hydrogen) atoms. The Morgan fingerprint density at radius 3 is 3.00 bits per heavy atom. The third-order valence-electron chi connectivity index (χ3n) is 4.50. The van der Waals surface area contributed by atoms with Crippen LogP contribution >= 0.6 is 0 Å². The third kappa shape index (κ3) is 4.21. The van der Waals surface area contributed by atoms with Crippen LogP contribution in [0.5, 0.6) is 0 Å². The Morgan fingerprint density at radius 2 is 2.24 bits per heavy atom. The number of nitrogens with zero attached hydrogens (tertiary/aromatic N) is 1. The average Bonchev–Trinajstić information content (AvgIpc) is 2.53. The Balaban J connectivity index is 1.77. The van der Waals surface area contributed by atoms with Gasteiger partial charge in [0.2, 0.25) is 5.91 Å². The van der Waals surface area contributed by atoms with Crippen LogP contribution in [0.1, 0.15) is 25.8 Å². The van der Waals surface area contributed by atoms with Crippen molar-refractivity contribution in [1.82, 2.24) is 10.2 Å². The highest BCUT2D eigenvalue weighted by Crippen LogP contribution is 2.24. The minimum Gasteiger partial charge on any atom is -0.384 e. The first-order valence-corrected chi connectivity index (χ1v) is 7.91. The minimum absolute atomic E-state index is 0.0359. The lowest BCUT2D eigenvalue weighted by molar-refractivity contribution is -0.124. The van der Waals surface area contributed by atoms with E-state index in [1.807, 2.05) is 12.1 Å². The van der Waals surface area contributed by atoms with E-state index in [2.05, 4.69) is 48.6 Å². The number of para-hydroxylation sites is 1. The zero-order chi connectivity index (χ0) is 15.2. The van der Waals surface area contributed by atoms with E-state index in [1.54, 1.807) is 0 Å². The molecular formula is C17H27N3O. The summed E-state index contributed by atoms with van der Waals surface area (Å²) < 4.78 is 0. The molecule has 116 valence electrons. The van der Waals surface area contributed by atoms with Crippen molar-refractivity contribution in [2.75, 3.05) is 32.0 Å². The van der Waals surface area contributed by atoms with Gasteiger partial charge in [0, 0.05) is 31.4 Å². The Kier molecular flexibility index (Phi) is 5.62. The molecule has 1 aromatic rings. The van der Waals surface area contributed by atoms with E-state index in [0.29, 0.717) is 6.04 Å². The van der Waals surface area contributed by atoms with Crippen LogP contribution in [0.2, 0.25) is 0 Å². The first kappa shape index (κ1) is 15.8. The van der Waals surface area contributed by atoms with Crippen molar-refractivity contribution >= 4 is 11.6 Å². The fourth-order valence-electron chi connectivity index (χ4n) is 2.66. The molecule has 1 heterocycles. The van der Waals surface area contributed by atoms with Crippen LogP contribution in [0.25, 0.3) is 0 Å². The SMILES string of the molecule is CCC(C)N(C)CCNC(=O)C1CNc2ccccc2C1. The molecule has 0 fully saturated rings. The van der Waals surface area contributed by atoms with Crippen LogP contribution in [0, 0.1) is 5.92 Å². The molecule has 0 spiro atoms. The lowest BCUT2D eigenvalue weighted by Gasteiger charge is -2.27. The minimum atomic E-state index is 0.0359. The molecule has 4 nitrogen and oxygen atoms in total. The maximum Gasteiger partial charge on any atom is 0.225 e. The fraction of sp³-hybridized carbons (Fsp3) is 0.588. The Hall–Kier alpha value is -1.55. The Labute approximate surface area is 127 Å². The molecule has 4 heteroatoms. The molecule has 1 aliphatic rings. The van der Waals surface area contributed by atoms with Crippen molar-refractivity contribution < 1.29 is 4.79 Å². The summed E-state index contributed by atoms with van der Waals surface area (Å²) in [5, 5.41) is 6.42. The maximum absolute atomic E-state index is 12.3. The first-order valence-electron chi connectivity index (χ1n) is 7.91. The number of carbonyl (C=O) groups excluding carboxylic acids is 1. The van der Waals surface area contributed by atoms with Gasteiger partial charge in [0.15, 0.2) is 0 Å². The van der Waals surface area contributed by atoms with Gasteiger partial charge in [-0.25, -0.2) is 0 Å². The van der Waals surface area contributed by atoms with E-state index in [4.69, 9.17) is 0 Å². The number of carbonyl (C=O) groups is 1. The van der Waals surface area contributed by atoms with Gasteiger partial charge in [0.05, 0.1) is 5.92 Å². The van der Waals surface area contributed by atoms with E-state index in [-0.39, 0.29) is 11.8 Å². The van der Waals surface area contributed by atoms with Crippen molar-refractivity contribution in [2.24, 2.45) is 5.92 Å². The summed E-state index contributed by atoms with van der Waals surface area (Å²) in [6.07, 6.45) is 1.96. The molecule has 2 atom stereocenters. The quantitative estimate of drug-likeness (QED) is 0.843. The summed E-state index contributed by atoms with van der Waals surface area (Å²) >= 11 is 0. The smallest absolute Gasteiger partial charge is 0.225 e. The number of amides is 1. The van der Waals surface area contributed by atoms with Gasteiger partial charge >= 0.3 is 0 Å². The highest BCUT2D eigenvalue weighted by Gasteiger charge is 2.23. The van der Waals surface area contributed by atoms with Crippen molar-refractivity contribution in [3.63, 3.8) is 0 Å². The lowest BCUT2D eigenvalue weighted by atomic mass is 9.93. The number of likely N-dealkylation sites (N-methyl/N-ethyl adjacent to an activating group) is 1. The van der Waals surface area contributed by atoms with Gasteiger partial charge < -0.3 is 15.5 Å². The van der Waals surface area contributed by atoms with E-state index in [1.165, 1.54) is 5.56 Å². The number of hydrogen-bond acceptors (Lipinski definition) is 3. The number of nitrogens with one attached hydrogen (secondary N) is 2. The van der Waals surface area contributed by atoms with Gasteiger partial charge in [-0.2, -0.15) is 0 Å². The van der Waals surface area contributed by atoms with E-state index >= 15 is 0 Å². The summed E-state index contributed by atoms with van der Waals surface area (Å²) in [5.41, 5.74) is 2.40. The molecule has 1 amide bonds. The van der Waals surface area contributed by atoms with Gasteiger partial charge in [-0.3, -0.25) is 4.79 Å². The normalized spacial score (nSPS) is 18.8. The zero-order valence-electron chi connectivity index (χ0n) is 13.4. The molecule has 1 aliphatic heterocycles. The van der Waals surface area contributed by atoms with Crippen molar-refractivity contribution in [3.8, 4) is 0 Å². The van der Waals surface area contributed by atoms with Crippen LogP contribution in [-0.2, 0) is 11.2 Å².